The molecule has 100 valence electrons. The fraction of sp³-hybridized carbons (Fsp3) is 0.176. The summed E-state index contributed by atoms with van der Waals surface area (Å²) >= 11 is 0. The van der Waals surface area contributed by atoms with Gasteiger partial charge in [-0.15, -0.1) is 0 Å². The van der Waals surface area contributed by atoms with Crippen molar-refractivity contribution in [1.29, 1.82) is 0 Å². The van der Waals surface area contributed by atoms with Crippen LogP contribution in [0.5, 0.6) is 0 Å². The summed E-state index contributed by atoms with van der Waals surface area (Å²) in [4.78, 5) is 0. The highest BCUT2D eigenvalue weighted by molar-refractivity contribution is 5.78. The fourth-order valence-corrected chi connectivity index (χ4v) is 2.94. The maximum atomic E-state index is 13.3. The van der Waals surface area contributed by atoms with Gasteiger partial charge in [-0.05, 0) is 41.8 Å². The van der Waals surface area contributed by atoms with Crippen molar-refractivity contribution in [1.82, 2.24) is 5.32 Å². The Morgan fingerprint density at radius 1 is 1.10 bits per heavy atom. The molecule has 0 fully saturated rings. The summed E-state index contributed by atoms with van der Waals surface area (Å²) in [6, 6.07) is 15.0. The van der Waals surface area contributed by atoms with Crippen molar-refractivity contribution in [3.8, 4) is 0 Å². The standard InChI is InChI=1S/C17H14FNO/c18-13-5-6-15-12(9-13)10-16(20-15)17-14-4-2-1-3-11(14)7-8-19-17/h1-6,9-10,17,19H,7-8H2. The Labute approximate surface area is 116 Å². The van der Waals surface area contributed by atoms with E-state index >= 15 is 0 Å². The van der Waals surface area contributed by atoms with E-state index in [0.29, 0.717) is 0 Å². The van der Waals surface area contributed by atoms with Crippen molar-refractivity contribution in [2.75, 3.05) is 6.54 Å². The van der Waals surface area contributed by atoms with Gasteiger partial charge in [0, 0.05) is 11.9 Å². The quantitative estimate of drug-likeness (QED) is 0.725. The van der Waals surface area contributed by atoms with Gasteiger partial charge in [0.25, 0.3) is 0 Å². The maximum absolute atomic E-state index is 13.3. The van der Waals surface area contributed by atoms with Crippen LogP contribution in [0.15, 0.2) is 52.9 Å². The zero-order valence-electron chi connectivity index (χ0n) is 10.9. The Hall–Kier alpha value is -2.13. The Morgan fingerprint density at radius 3 is 2.95 bits per heavy atom. The topological polar surface area (TPSA) is 25.2 Å². The molecule has 1 aliphatic rings. The van der Waals surface area contributed by atoms with Gasteiger partial charge in [-0.25, -0.2) is 4.39 Å². The Kier molecular flexibility index (Phi) is 2.60. The van der Waals surface area contributed by atoms with E-state index in [0.717, 1.165) is 29.7 Å². The van der Waals surface area contributed by atoms with Crippen LogP contribution in [-0.4, -0.2) is 6.54 Å². The van der Waals surface area contributed by atoms with Gasteiger partial charge < -0.3 is 9.73 Å². The summed E-state index contributed by atoms with van der Waals surface area (Å²) in [5.74, 6) is 0.611. The molecular formula is C17H14FNO. The van der Waals surface area contributed by atoms with Crippen molar-refractivity contribution >= 4 is 11.0 Å². The Balaban J connectivity index is 1.84. The van der Waals surface area contributed by atoms with Gasteiger partial charge in [0.15, 0.2) is 0 Å². The third-order valence-corrected chi connectivity index (χ3v) is 3.89. The molecule has 0 saturated heterocycles. The zero-order chi connectivity index (χ0) is 13.5. The molecule has 2 heterocycles. The highest BCUT2D eigenvalue weighted by Crippen LogP contribution is 2.32. The van der Waals surface area contributed by atoms with Crippen molar-refractivity contribution in [2.45, 2.75) is 12.5 Å². The molecule has 0 bridgehead atoms. The van der Waals surface area contributed by atoms with Crippen LogP contribution in [0.4, 0.5) is 4.39 Å². The molecule has 1 aliphatic heterocycles. The molecule has 3 heteroatoms. The van der Waals surface area contributed by atoms with E-state index in [1.165, 1.54) is 23.3 Å². The van der Waals surface area contributed by atoms with Crippen LogP contribution in [0.3, 0.4) is 0 Å². The molecule has 1 atom stereocenters. The van der Waals surface area contributed by atoms with Crippen LogP contribution in [0.1, 0.15) is 22.9 Å². The monoisotopic (exact) mass is 267 g/mol. The second-order valence-electron chi connectivity index (χ2n) is 5.17. The van der Waals surface area contributed by atoms with E-state index < -0.39 is 0 Å². The SMILES string of the molecule is Fc1ccc2oc(C3NCCc4ccccc43)cc2c1. The number of nitrogens with one attached hydrogen (secondary N) is 1. The summed E-state index contributed by atoms with van der Waals surface area (Å²) in [5, 5.41) is 4.29. The van der Waals surface area contributed by atoms with Gasteiger partial charge in [-0.3, -0.25) is 0 Å². The molecule has 20 heavy (non-hydrogen) atoms. The lowest BCUT2D eigenvalue weighted by molar-refractivity contribution is 0.456. The molecule has 0 radical (unpaired) electrons. The molecule has 0 aliphatic carbocycles. The first-order valence-electron chi connectivity index (χ1n) is 6.81. The predicted octanol–water partition coefficient (Wildman–Crippen LogP) is 3.81. The molecule has 1 aromatic heterocycles. The minimum absolute atomic E-state index is 0.0513. The second kappa shape index (κ2) is 4.46. The molecule has 0 amide bonds. The lowest BCUT2D eigenvalue weighted by atomic mass is 9.93. The van der Waals surface area contributed by atoms with Gasteiger partial charge in [-0.1, -0.05) is 24.3 Å². The largest absolute Gasteiger partial charge is 0.459 e. The molecule has 2 nitrogen and oxygen atoms in total. The first kappa shape index (κ1) is 11.7. The van der Waals surface area contributed by atoms with Crippen LogP contribution < -0.4 is 5.32 Å². The smallest absolute Gasteiger partial charge is 0.134 e. The van der Waals surface area contributed by atoms with Gasteiger partial charge in [0.2, 0.25) is 0 Å². The number of halogens is 1. The van der Waals surface area contributed by atoms with E-state index in [2.05, 4.69) is 23.5 Å². The minimum atomic E-state index is -0.234. The van der Waals surface area contributed by atoms with Gasteiger partial charge >= 0.3 is 0 Å². The first-order valence-corrected chi connectivity index (χ1v) is 6.81. The van der Waals surface area contributed by atoms with Crippen molar-refractivity contribution < 1.29 is 8.81 Å². The van der Waals surface area contributed by atoms with E-state index in [4.69, 9.17) is 4.42 Å². The first-order chi connectivity index (χ1) is 9.81. The molecule has 2 aromatic carbocycles. The Morgan fingerprint density at radius 2 is 2.00 bits per heavy atom. The van der Waals surface area contributed by atoms with Crippen LogP contribution in [0.25, 0.3) is 11.0 Å². The number of benzene rings is 2. The minimum Gasteiger partial charge on any atom is -0.459 e. The second-order valence-corrected chi connectivity index (χ2v) is 5.17. The molecule has 0 spiro atoms. The normalized spacial score (nSPS) is 18.1. The fourth-order valence-electron chi connectivity index (χ4n) is 2.94. The number of furan rings is 1. The van der Waals surface area contributed by atoms with Crippen LogP contribution in [0, 0.1) is 5.82 Å². The Bertz CT molecular complexity index is 778. The average Bonchev–Trinajstić information content (AvgIpc) is 2.89. The van der Waals surface area contributed by atoms with Gasteiger partial charge in [-0.2, -0.15) is 0 Å². The summed E-state index contributed by atoms with van der Waals surface area (Å²) in [7, 11) is 0. The van der Waals surface area contributed by atoms with Gasteiger partial charge in [0.05, 0.1) is 6.04 Å². The molecule has 1 unspecified atom stereocenters. The average molecular weight is 267 g/mol. The number of fused-ring (bicyclic) bond motifs is 2. The predicted molar refractivity (Wildman–Crippen MR) is 76.2 cm³/mol. The molecule has 4 rings (SSSR count). The lowest BCUT2D eigenvalue weighted by Gasteiger charge is -2.25. The van der Waals surface area contributed by atoms with Crippen LogP contribution >= 0.6 is 0 Å². The van der Waals surface area contributed by atoms with Crippen molar-refractivity contribution in [3.63, 3.8) is 0 Å². The number of hydrogen-bond donors (Lipinski definition) is 1. The highest BCUT2D eigenvalue weighted by Gasteiger charge is 2.23. The summed E-state index contributed by atoms with van der Waals surface area (Å²) in [6.45, 7) is 0.924. The third-order valence-electron chi connectivity index (χ3n) is 3.89. The van der Waals surface area contributed by atoms with E-state index in [1.807, 2.05) is 12.1 Å². The lowest BCUT2D eigenvalue weighted by Crippen LogP contribution is -2.30. The van der Waals surface area contributed by atoms with E-state index in [-0.39, 0.29) is 11.9 Å². The maximum Gasteiger partial charge on any atom is 0.134 e. The van der Waals surface area contributed by atoms with E-state index in [9.17, 15) is 4.39 Å². The number of rotatable bonds is 1. The molecular weight excluding hydrogens is 253 g/mol. The highest BCUT2D eigenvalue weighted by atomic mass is 19.1. The van der Waals surface area contributed by atoms with Crippen molar-refractivity contribution in [2.24, 2.45) is 0 Å². The van der Waals surface area contributed by atoms with Crippen molar-refractivity contribution in [3.05, 3.63) is 71.2 Å². The number of hydrogen-bond acceptors (Lipinski definition) is 2. The summed E-state index contributed by atoms with van der Waals surface area (Å²) < 4.78 is 19.2. The third kappa shape index (κ3) is 1.82. The molecule has 0 saturated carbocycles. The van der Waals surface area contributed by atoms with E-state index in [1.54, 1.807) is 6.07 Å². The molecule has 3 aromatic rings. The van der Waals surface area contributed by atoms with Crippen LogP contribution in [0.2, 0.25) is 0 Å². The summed E-state index contributed by atoms with van der Waals surface area (Å²) in [5.41, 5.74) is 3.33. The zero-order valence-corrected chi connectivity index (χ0v) is 10.9. The van der Waals surface area contributed by atoms with Crippen LogP contribution in [-0.2, 0) is 6.42 Å². The molecule has 1 N–H and O–H groups in total. The van der Waals surface area contributed by atoms with Gasteiger partial charge in [0.1, 0.15) is 17.2 Å². The summed E-state index contributed by atoms with van der Waals surface area (Å²) in [6.07, 6.45) is 1.03.